The predicted octanol–water partition coefficient (Wildman–Crippen LogP) is 2.15. The summed E-state index contributed by atoms with van der Waals surface area (Å²) >= 11 is 0. The maximum atomic E-state index is 12.7. The number of hydrogen-bond acceptors (Lipinski definition) is 6. The van der Waals surface area contributed by atoms with Crippen LogP contribution in [0.25, 0.3) is 0 Å². The predicted molar refractivity (Wildman–Crippen MR) is 93.5 cm³/mol. The molecular weight excluding hydrogens is 334 g/mol. The molecule has 1 unspecified atom stereocenters. The molecule has 1 amide bonds. The molecule has 0 bridgehead atoms. The third-order valence-corrected chi connectivity index (χ3v) is 4.64. The Labute approximate surface area is 151 Å². The fourth-order valence-electron chi connectivity index (χ4n) is 3.23. The topological polar surface area (TPSA) is 85.5 Å². The number of rotatable bonds is 5. The lowest BCUT2D eigenvalue weighted by Gasteiger charge is -2.26. The van der Waals surface area contributed by atoms with Crippen molar-refractivity contribution in [1.82, 2.24) is 15.1 Å². The number of methoxy groups -OCH3 is 1. The minimum absolute atomic E-state index is 0.0572. The number of ether oxygens (including phenoxy) is 1. The number of benzene rings is 1. The van der Waals surface area contributed by atoms with Crippen LogP contribution in [-0.2, 0) is 21.4 Å². The highest BCUT2D eigenvalue weighted by atomic mass is 16.5. The highest BCUT2D eigenvalue weighted by Gasteiger charge is 2.49. The molecule has 3 rings (SSSR count). The molecule has 0 saturated carbocycles. The lowest BCUT2D eigenvalue weighted by atomic mass is 9.79. The Morgan fingerprint density at radius 3 is 2.77 bits per heavy atom. The molecule has 2 heterocycles. The summed E-state index contributed by atoms with van der Waals surface area (Å²) in [5, 5.41) is 7.73. The largest absolute Gasteiger partial charge is 0.468 e. The van der Waals surface area contributed by atoms with E-state index in [-0.39, 0.29) is 24.3 Å². The van der Waals surface area contributed by atoms with Gasteiger partial charge >= 0.3 is 17.8 Å². The first-order chi connectivity index (χ1) is 12.6. The summed E-state index contributed by atoms with van der Waals surface area (Å²) in [6, 6.07) is 9.39. The lowest BCUT2D eigenvalue weighted by molar-refractivity contribution is -0.147. The molecule has 1 fully saturated rings. The van der Waals surface area contributed by atoms with Crippen molar-refractivity contribution < 1.29 is 18.7 Å². The van der Waals surface area contributed by atoms with Crippen molar-refractivity contribution in [3.8, 4) is 0 Å². The summed E-state index contributed by atoms with van der Waals surface area (Å²) in [6.45, 7) is 2.52. The van der Waals surface area contributed by atoms with Crippen molar-refractivity contribution in [2.45, 2.75) is 25.2 Å². The molecule has 7 nitrogen and oxygen atoms in total. The number of allylic oxidation sites excluding steroid dienone is 2. The molecular formula is C19H21N3O4. The zero-order valence-electron chi connectivity index (χ0n) is 14.8. The van der Waals surface area contributed by atoms with E-state index in [4.69, 9.17) is 9.15 Å². The average Bonchev–Trinajstić information content (AvgIpc) is 3.34. The van der Waals surface area contributed by atoms with Gasteiger partial charge in [0.2, 0.25) is 5.89 Å². The summed E-state index contributed by atoms with van der Waals surface area (Å²) in [7, 11) is 1.36. The Hall–Kier alpha value is -2.96. The number of likely N-dealkylation sites (tertiary alicyclic amines) is 1. The number of esters is 1. The molecule has 1 atom stereocenters. The second kappa shape index (κ2) is 7.51. The van der Waals surface area contributed by atoms with E-state index in [1.165, 1.54) is 7.11 Å². The Morgan fingerprint density at radius 2 is 2.08 bits per heavy atom. The van der Waals surface area contributed by atoms with Gasteiger partial charge in [-0.05, 0) is 18.9 Å². The first-order valence-corrected chi connectivity index (χ1v) is 8.47. The van der Waals surface area contributed by atoms with Crippen molar-refractivity contribution in [2.75, 3.05) is 20.2 Å². The Morgan fingerprint density at radius 1 is 1.31 bits per heavy atom. The van der Waals surface area contributed by atoms with Gasteiger partial charge in [0.1, 0.15) is 5.41 Å². The summed E-state index contributed by atoms with van der Waals surface area (Å²) in [5.74, 6) is -0.393. The quantitative estimate of drug-likeness (QED) is 0.603. The normalized spacial score (nSPS) is 19.8. The van der Waals surface area contributed by atoms with Gasteiger partial charge in [0.15, 0.2) is 0 Å². The lowest BCUT2D eigenvalue weighted by Crippen LogP contribution is -2.41. The first kappa shape index (κ1) is 17.8. The fourth-order valence-corrected chi connectivity index (χ4v) is 3.23. The molecule has 26 heavy (non-hydrogen) atoms. The van der Waals surface area contributed by atoms with Gasteiger partial charge in [0.25, 0.3) is 0 Å². The third-order valence-electron chi connectivity index (χ3n) is 4.64. The van der Waals surface area contributed by atoms with Crippen molar-refractivity contribution in [3.63, 3.8) is 0 Å². The number of hydrogen-bond donors (Lipinski definition) is 0. The molecule has 136 valence electrons. The molecule has 0 N–H and O–H groups in total. The monoisotopic (exact) mass is 355 g/mol. The molecule has 1 saturated heterocycles. The van der Waals surface area contributed by atoms with Gasteiger partial charge in [-0.2, -0.15) is 0 Å². The zero-order chi connectivity index (χ0) is 18.6. The molecule has 7 heteroatoms. The number of carbonyl (C=O) groups is 2. The van der Waals surface area contributed by atoms with Gasteiger partial charge in [-0.3, -0.25) is 9.59 Å². The van der Waals surface area contributed by atoms with E-state index in [1.807, 2.05) is 49.4 Å². The van der Waals surface area contributed by atoms with Crippen molar-refractivity contribution in [3.05, 3.63) is 59.8 Å². The van der Waals surface area contributed by atoms with Crippen molar-refractivity contribution in [2.24, 2.45) is 0 Å². The van der Waals surface area contributed by atoms with Crippen LogP contribution in [0.4, 0.5) is 0 Å². The SMILES string of the molecule is CC=CCc1nnc(C(=O)N2CCC(C(=O)OC)(c3ccccc3)C2)o1. The summed E-state index contributed by atoms with van der Waals surface area (Å²) in [5.41, 5.74) is -0.0408. The zero-order valence-corrected chi connectivity index (χ0v) is 14.8. The molecule has 1 aromatic carbocycles. The highest BCUT2D eigenvalue weighted by Crippen LogP contribution is 2.36. The summed E-state index contributed by atoms with van der Waals surface area (Å²) < 4.78 is 10.5. The molecule has 0 radical (unpaired) electrons. The van der Waals surface area contributed by atoms with Crippen LogP contribution in [0.3, 0.4) is 0 Å². The number of carbonyl (C=O) groups excluding carboxylic acids is 2. The maximum absolute atomic E-state index is 12.7. The van der Waals surface area contributed by atoms with E-state index in [2.05, 4.69) is 10.2 Å². The van der Waals surface area contributed by atoms with Crippen molar-refractivity contribution in [1.29, 1.82) is 0 Å². The van der Waals surface area contributed by atoms with Gasteiger partial charge in [0.05, 0.1) is 7.11 Å². The third kappa shape index (κ3) is 3.24. The van der Waals surface area contributed by atoms with E-state index < -0.39 is 5.41 Å². The van der Waals surface area contributed by atoms with E-state index in [0.29, 0.717) is 25.3 Å². The average molecular weight is 355 g/mol. The van der Waals surface area contributed by atoms with Gasteiger partial charge in [-0.15, -0.1) is 10.2 Å². The highest BCUT2D eigenvalue weighted by molar-refractivity contribution is 5.92. The summed E-state index contributed by atoms with van der Waals surface area (Å²) in [6.07, 6.45) is 4.70. The van der Waals surface area contributed by atoms with Crippen LogP contribution in [0, 0.1) is 0 Å². The fraction of sp³-hybridized carbons (Fsp3) is 0.368. The van der Waals surface area contributed by atoms with E-state index in [9.17, 15) is 9.59 Å². The Kier molecular flexibility index (Phi) is 5.16. The molecule has 1 aliphatic rings. The van der Waals surface area contributed by atoms with Gasteiger partial charge in [-0.25, -0.2) is 0 Å². The molecule has 1 aromatic heterocycles. The van der Waals surface area contributed by atoms with E-state index >= 15 is 0 Å². The minimum atomic E-state index is -0.876. The maximum Gasteiger partial charge on any atom is 0.318 e. The Bertz CT molecular complexity index is 815. The second-order valence-electron chi connectivity index (χ2n) is 6.19. The number of aromatic nitrogens is 2. The van der Waals surface area contributed by atoms with Gasteiger partial charge < -0.3 is 14.1 Å². The van der Waals surface area contributed by atoms with Crippen molar-refractivity contribution >= 4 is 11.9 Å². The van der Waals surface area contributed by atoms with Gasteiger partial charge in [0, 0.05) is 19.5 Å². The molecule has 0 aliphatic carbocycles. The van der Waals surface area contributed by atoms with Crippen LogP contribution >= 0.6 is 0 Å². The Balaban J connectivity index is 1.82. The van der Waals surface area contributed by atoms with Crippen LogP contribution in [0.5, 0.6) is 0 Å². The van der Waals surface area contributed by atoms with E-state index in [0.717, 1.165) is 5.56 Å². The van der Waals surface area contributed by atoms with Crippen LogP contribution in [0.15, 0.2) is 46.9 Å². The van der Waals surface area contributed by atoms with Crippen LogP contribution in [-0.4, -0.2) is 47.2 Å². The second-order valence-corrected chi connectivity index (χ2v) is 6.19. The standard InChI is InChI=1S/C19H21N3O4/c1-3-4-10-15-20-21-16(26-15)17(23)22-12-11-19(13-22,18(24)25-2)14-8-6-5-7-9-14/h3-9H,10-13H2,1-2H3. The summed E-state index contributed by atoms with van der Waals surface area (Å²) in [4.78, 5) is 26.8. The van der Waals surface area contributed by atoms with Crippen LogP contribution < -0.4 is 0 Å². The first-order valence-electron chi connectivity index (χ1n) is 8.47. The minimum Gasteiger partial charge on any atom is -0.468 e. The number of amides is 1. The molecule has 1 aliphatic heterocycles. The van der Waals surface area contributed by atoms with Gasteiger partial charge in [-0.1, -0.05) is 42.5 Å². The van der Waals surface area contributed by atoms with Crippen LogP contribution in [0.2, 0.25) is 0 Å². The number of nitrogens with zero attached hydrogens (tertiary/aromatic N) is 3. The van der Waals surface area contributed by atoms with Crippen LogP contribution in [0.1, 0.15) is 35.5 Å². The van der Waals surface area contributed by atoms with E-state index in [1.54, 1.807) is 4.90 Å². The molecule has 2 aromatic rings. The smallest absolute Gasteiger partial charge is 0.318 e. The molecule has 0 spiro atoms.